The number of carbonyl (C=O) groups is 3. The maximum Gasteiger partial charge on any atom is 0.257 e. The molecule has 5 heterocycles. The number of anilines is 1. The number of rotatable bonds is 3. The molecule has 1 saturated carbocycles. The van der Waals surface area contributed by atoms with Gasteiger partial charge in [0.1, 0.15) is 5.65 Å². The van der Waals surface area contributed by atoms with Crippen molar-refractivity contribution in [2.75, 3.05) is 31.5 Å². The van der Waals surface area contributed by atoms with Crippen LogP contribution in [0.25, 0.3) is 5.65 Å². The fourth-order valence-electron chi connectivity index (χ4n) is 7.46. The lowest BCUT2D eigenvalue weighted by Gasteiger charge is -2.41. The lowest BCUT2D eigenvalue weighted by Crippen LogP contribution is -2.50. The maximum absolute atomic E-state index is 13.4. The van der Waals surface area contributed by atoms with Crippen LogP contribution in [0.2, 0.25) is 0 Å². The van der Waals surface area contributed by atoms with E-state index in [9.17, 15) is 14.4 Å². The minimum atomic E-state index is -0.504. The molecule has 3 amide bonds. The fraction of sp³-hybridized carbons (Fsp3) is 0.448. The van der Waals surface area contributed by atoms with Crippen molar-refractivity contribution in [3.8, 4) is 0 Å². The molecule has 1 N–H and O–H groups in total. The van der Waals surface area contributed by atoms with Gasteiger partial charge in [-0.05, 0) is 67.2 Å². The fourth-order valence-corrected chi connectivity index (χ4v) is 7.46. The zero-order valence-electron chi connectivity index (χ0n) is 20.8. The summed E-state index contributed by atoms with van der Waals surface area (Å²) in [5, 5.41) is 3.04. The highest BCUT2D eigenvalue weighted by Crippen LogP contribution is 2.46. The van der Waals surface area contributed by atoms with E-state index < -0.39 is 5.41 Å². The topological polar surface area (TPSA) is 87.0 Å². The Morgan fingerprint density at radius 3 is 2.51 bits per heavy atom. The van der Waals surface area contributed by atoms with Gasteiger partial charge in [-0.1, -0.05) is 18.2 Å². The quantitative estimate of drug-likeness (QED) is 0.601. The Morgan fingerprint density at radius 2 is 1.73 bits per heavy atom. The van der Waals surface area contributed by atoms with Crippen molar-refractivity contribution in [1.82, 2.24) is 19.2 Å². The molecule has 1 spiro atoms. The van der Waals surface area contributed by atoms with Crippen molar-refractivity contribution in [2.45, 2.75) is 37.5 Å². The molecular formula is C29H31N5O3. The molecule has 2 atom stereocenters. The number of imidazole rings is 1. The molecule has 2 bridgehead atoms. The molecule has 2 saturated heterocycles. The highest BCUT2D eigenvalue weighted by atomic mass is 16.2. The van der Waals surface area contributed by atoms with Crippen molar-refractivity contribution in [2.24, 2.45) is 17.8 Å². The van der Waals surface area contributed by atoms with E-state index in [1.165, 1.54) is 0 Å². The molecule has 3 aliphatic heterocycles. The van der Waals surface area contributed by atoms with Gasteiger partial charge >= 0.3 is 0 Å². The molecule has 0 radical (unpaired) electrons. The molecule has 3 fully saturated rings. The molecular weight excluding hydrogens is 466 g/mol. The molecule has 1 aliphatic carbocycles. The zero-order chi connectivity index (χ0) is 25.1. The van der Waals surface area contributed by atoms with E-state index in [1.807, 2.05) is 63.0 Å². The SMILES string of the molecule is O=C(CC1[C@H]2CC[C@H]1CN(C(=O)c1cccn3ccnc13)C2)N1CCC2(CC1)C(=O)Nc1ccccc12. The van der Waals surface area contributed by atoms with E-state index in [0.29, 0.717) is 74.4 Å². The standard InChI is InChI=1S/C29H31N5O3/c35-25(32-13-9-29(10-14-32)23-5-1-2-6-24(23)31-28(29)37)16-22-19-7-8-20(22)18-34(17-19)27(36)21-4-3-12-33-15-11-30-26(21)33/h1-6,11-12,15,19-20,22H,7-10,13-14,16-18H2,(H,31,37)/t19-,20-/m0/s1. The van der Waals surface area contributed by atoms with Gasteiger partial charge in [0.25, 0.3) is 5.91 Å². The van der Waals surface area contributed by atoms with Gasteiger partial charge in [-0.2, -0.15) is 0 Å². The Kier molecular flexibility index (Phi) is 5.13. The van der Waals surface area contributed by atoms with Crippen molar-refractivity contribution in [3.63, 3.8) is 0 Å². The molecule has 1 aromatic carbocycles. The zero-order valence-corrected chi connectivity index (χ0v) is 20.8. The molecule has 3 aromatic rings. The summed E-state index contributed by atoms with van der Waals surface area (Å²) in [4.78, 5) is 48.0. The summed E-state index contributed by atoms with van der Waals surface area (Å²) in [7, 11) is 0. The van der Waals surface area contributed by atoms with Crippen LogP contribution >= 0.6 is 0 Å². The van der Waals surface area contributed by atoms with Crippen LogP contribution in [-0.4, -0.2) is 63.1 Å². The smallest absolute Gasteiger partial charge is 0.257 e. The summed E-state index contributed by atoms with van der Waals surface area (Å²) in [6.45, 7) is 2.63. The van der Waals surface area contributed by atoms with Crippen LogP contribution in [-0.2, 0) is 15.0 Å². The first-order chi connectivity index (χ1) is 18.0. The molecule has 7 rings (SSSR count). The number of pyridine rings is 1. The van der Waals surface area contributed by atoms with E-state index in [2.05, 4.69) is 10.3 Å². The number of hydrogen-bond acceptors (Lipinski definition) is 4. The van der Waals surface area contributed by atoms with Gasteiger partial charge < -0.3 is 19.5 Å². The van der Waals surface area contributed by atoms with E-state index in [4.69, 9.17) is 0 Å². The minimum absolute atomic E-state index is 0.0370. The third-order valence-corrected chi connectivity index (χ3v) is 9.47. The van der Waals surface area contributed by atoms with Gasteiger partial charge in [-0.25, -0.2) is 4.98 Å². The predicted octanol–water partition coefficient (Wildman–Crippen LogP) is 3.34. The highest BCUT2D eigenvalue weighted by Gasteiger charge is 2.50. The first kappa shape index (κ1) is 22.5. The molecule has 4 aliphatic rings. The molecule has 37 heavy (non-hydrogen) atoms. The van der Waals surface area contributed by atoms with Crippen LogP contribution in [0, 0.1) is 17.8 Å². The third-order valence-electron chi connectivity index (χ3n) is 9.47. The largest absolute Gasteiger partial charge is 0.343 e. The highest BCUT2D eigenvalue weighted by molar-refractivity contribution is 6.06. The summed E-state index contributed by atoms with van der Waals surface area (Å²) in [6, 6.07) is 11.7. The van der Waals surface area contributed by atoms with Crippen LogP contribution < -0.4 is 5.32 Å². The number of para-hydroxylation sites is 1. The van der Waals surface area contributed by atoms with Crippen LogP contribution in [0.3, 0.4) is 0 Å². The number of likely N-dealkylation sites (tertiary alicyclic amines) is 2. The average molecular weight is 498 g/mol. The Hall–Kier alpha value is -3.68. The number of fused-ring (bicyclic) bond motifs is 5. The summed E-state index contributed by atoms with van der Waals surface area (Å²) in [5.41, 5.74) is 2.82. The second kappa shape index (κ2) is 8.43. The Balaban J connectivity index is 1.00. The van der Waals surface area contributed by atoms with Gasteiger partial charge in [0.05, 0.1) is 11.0 Å². The Bertz CT molecular complexity index is 1390. The minimum Gasteiger partial charge on any atom is -0.343 e. The van der Waals surface area contributed by atoms with Crippen molar-refractivity contribution in [1.29, 1.82) is 0 Å². The Labute approximate surface area is 215 Å². The van der Waals surface area contributed by atoms with Crippen molar-refractivity contribution in [3.05, 3.63) is 66.1 Å². The van der Waals surface area contributed by atoms with Gasteiger partial charge in [0.15, 0.2) is 0 Å². The van der Waals surface area contributed by atoms with Gasteiger partial charge in [0.2, 0.25) is 11.8 Å². The van der Waals surface area contributed by atoms with Crippen LogP contribution in [0.5, 0.6) is 0 Å². The second-order valence-electron chi connectivity index (χ2n) is 11.2. The van der Waals surface area contributed by atoms with Crippen LogP contribution in [0.15, 0.2) is 55.0 Å². The summed E-state index contributed by atoms with van der Waals surface area (Å²) >= 11 is 0. The number of amides is 3. The summed E-state index contributed by atoms with van der Waals surface area (Å²) in [5.74, 6) is 1.34. The van der Waals surface area contributed by atoms with Crippen molar-refractivity contribution >= 4 is 29.1 Å². The first-order valence-corrected chi connectivity index (χ1v) is 13.4. The summed E-state index contributed by atoms with van der Waals surface area (Å²) < 4.78 is 1.88. The van der Waals surface area contributed by atoms with Crippen LogP contribution in [0.1, 0.15) is 48.0 Å². The molecule has 190 valence electrons. The monoisotopic (exact) mass is 497 g/mol. The number of benzene rings is 1. The molecule has 8 heteroatoms. The summed E-state index contributed by atoms with van der Waals surface area (Å²) in [6.07, 6.45) is 9.49. The number of aromatic nitrogens is 2. The van der Waals surface area contributed by atoms with E-state index in [0.717, 1.165) is 24.1 Å². The predicted molar refractivity (Wildman–Crippen MR) is 138 cm³/mol. The van der Waals surface area contributed by atoms with E-state index in [-0.39, 0.29) is 17.7 Å². The van der Waals surface area contributed by atoms with Crippen LogP contribution in [0.4, 0.5) is 5.69 Å². The molecule has 2 aromatic heterocycles. The third kappa shape index (κ3) is 3.49. The number of nitrogens with one attached hydrogen (secondary N) is 1. The molecule has 0 unspecified atom stereocenters. The lowest BCUT2D eigenvalue weighted by atomic mass is 9.73. The number of carbonyl (C=O) groups excluding carboxylic acids is 3. The number of hydrogen-bond donors (Lipinski definition) is 1. The molecule has 8 nitrogen and oxygen atoms in total. The maximum atomic E-state index is 13.4. The Morgan fingerprint density at radius 1 is 0.973 bits per heavy atom. The van der Waals surface area contributed by atoms with E-state index in [1.54, 1.807) is 6.20 Å². The van der Waals surface area contributed by atoms with Gasteiger partial charge in [-0.15, -0.1) is 0 Å². The lowest BCUT2D eigenvalue weighted by molar-refractivity contribution is -0.136. The van der Waals surface area contributed by atoms with Crippen molar-refractivity contribution < 1.29 is 14.4 Å². The number of piperidine rings is 2. The normalized spacial score (nSPS) is 25.9. The average Bonchev–Trinajstić information content (AvgIpc) is 3.56. The first-order valence-electron chi connectivity index (χ1n) is 13.4. The number of nitrogens with zero attached hydrogens (tertiary/aromatic N) is 4. The second-order valence-corrected chi connectivity index (χ2v) is 11.2. The van der Waals surface area contributed by atoms with E-state index >= 15 is 0 Å². The van der Waals surface area contributed by atoms with Gasteiger partial charge in [0, 0.05) is 56.9 Å². The van der Waals surface area contributed by atoms with Gasteiger partial charge in [-0.3, -0.25) is 14.4 Å².